The predicted molar refractivity (Wildman–Crippen MR) is 69.5 cm³/mol. The number of nitrogens with one attached hydrogen (secondary N) is 1. The molecular formula is C14H15N3O2. The van der Waals surface area contributed by atoms with Crippen LogP contribution in [0.1, 0.15) is 35.5 Å². The minimum absolute atomic E-state index is 0.126. The Morgan fingerprint density at radius 1 is 1.53 bits per heavy atom. The molecule has 1 aliphatic carbocycles. The molecule has 1 aliphatic heterocycles. The van der Waals surface area contributed by atoms with Gasteiger partial charge in [0.05, 0.1) is 11.1 Å². The minimum Gasteiger partial charge on any atom is -0.438 e. The van der Waals surface area contributed by atoms with Gasteiger partial charge in [-0.05, 0) is 43.9 Å². The fraction of sp³-hybridized carbons (Fsp3) is 0.429. The Kier molecular flexibility index (Phi) is 2.07. The van der Waals surface area contributed by atoms with Gasteiger partial charge < -0.3 is 15.5 Å². The number of nitrogens with zero attached hydrogens (tertiary/aromatic N) is 1. The normalized spacial score (nSPS) is 29.2. The molecule has 4 rings (SSSR count). The lowest BCUT2D eigenvalue weighted by atomic mass is 9.99. The van der Waals surface area contributed by atoms with Crippen LogP contribution in [0.2, 0.25) is 0 Å². The van der Waals surface area contributed by atoms with E-state index in [1.807, 2.05) is 6.07 Å². The Hall–Kier alpha value is -1.88. The molecule has 98 valence electrons. The van der Waals surface area contributed by atoms with Gasteiger partial charge in [-0.25, -0.2) is 4.98 Å². The molecule has 1 saturated heterocycles. The number of hydrogen-bond acceptors (Lipinski definition) is 4. The molecule has 2 unspecified atom stereocenters. The molecule has 19 heavy (non-hydrogen) atoms. The molecule has 2 heterocycles. The molecule has 1 saturated carbocycles. The van der Waals surface area contributed by atoms with Gasteiger partial charge in [0, 0.05) is 0 Å². The molecule has 1 aromatic heterocycles. The van der Waals surface area contributed by atoms with Crippen molar-refractivity contribution in [2.75, 3.05) is 6.54 Å². The molecule has 0 radical (unpaired) electrons. The van der Waals surface area contributed by atoms with Crippen molar-refractivity contribution < 1.29 is 9.21 Å². The first-order chi connectivity index (χ1) is 9.18. The fourth-order valence-electron chi connectivity index (χ4n) is 3.44. The van der Waals surface area contributed by atoms with Gasteiger partial charge >= 0.3 is 0 Å². The molecule has 2 aliphatic rings. The average molecular weight is 257 g/mol. The smallest absolute Gasteiger partial charge is 0.252 e. The summed E-state index contributed by atoms with van der Waals surface area (Å²) in [6, 6.07) is 5.32. The van der Waals surface area contributed by atoms with Gasteiger partial charge in [0.1, 0.15) is 5.52 Å². The molecule has 5 nitrogen and oxygen atoms in total. The number of amides is 1. The number of oxazole rings is 1. The number of aromatic nitrogens is 1. The second kappa shape index (κ2) is 3.57. The van der Waals surface area contributed by atoms with E-state index in [1.165, 1.54) is 6.42 Å². The van der Waals surface area contributed by atoms with E-state index in [4.69, 9.17) is 10.2 Å². The molecule has 0 spiro atoms. The van der Waals surface area contributed by atoms with Gasteiger partial charge in [-0.2, -0.15) is 0 Å². The zero-order chi connectivity index (χ0) is 13.0. The Balaban J connectivity index is 1.89. The van der Waals surface area contributed by atoms with Crippen LogP contribution in [0.4, 0.5) is 0 Å². The third-order valence-corrected chi connectivity index (χ3v) is 4.44. The van der Waals surface area contributed by atoms with Crippen LogP contribution < -0.4 is 11.1 Å². The summed E-state index contributed by atoms with van der Waals surface area (Å²) in [7, 11) is 0. The second-order valence-corrected chi connectivity index (χ2v) is 5.61. The van der Waals surface area contributed by atoms with E-state index in [1.54, 1.807) is 12.1 Å². The predicted octanol–water partition coefficient (Wildman–Crippen LogP) is 1.53. The number of fused-ring (bicyclic) bond motifs is 3. The van der Waals surface area contributed by atoms with E-state index in [9.17, 15) is 4.79 Å². The van der Waals surface area contributed by atoms with Crippen LogP contribution in [0.3, 0.4) is 0 Å². The van der Waals surface area contributed by atoms with Gasteiger partial charge in [-0.15, -0.1) is 0 Å². The van der Waals surface area contributed by atoms with Gasteiger partial charge in [0.2, 0.25) is 5.89 Å². The Bertz CT molecular complexity index is 668. The van der Waals surface area contributed by atoms with E-state index in [-0.39, 0.29) is 5.54 Å². The fourth-order valence-corrected chi connectivity index (χ4v) is 3.44. The van der Waals surface area contributed by atoms with Gasteiger partial charge in [0.15, 0.2) is 5.58 Å². The van der Waals surface area contributed by atoms with E-state index in [0.717, 1.165) is 25.3 Å². The number of hydrogen-bond donors (Lipinski definition) is 2. The number of para-hydroxylation sites is 1. The maximum absolute atomic E-state index is 11.4. The number of carbonyl (C=O) groups is 1. The minimum atomic E-state index is -0.477. The number of benzene rings is 1. The quantitative estimate of drug-likeness (QED) is 0.854. The van der Waals surface area contributed by atoms with Crippen molar-refractivity contribution in [3.05, 3.63) is 29.7 Å². The summed E-state index contributed by atoms with van der Waals surface area (Å²) in [4.78, 5) is 16.0. The Labute approximate surface area is 110 Å². The monoisotopic (exact) mass is 257 g/mol. The van der Waals surface area contributed by atoms with Crippen molar-refractivity contribution in [1.82, 2.24) is 10.3 Å². The number of carbonyl (C=O) groups excluding carboxylic acids is 1. The van der Waals surface area contributed by atoms with Crippen LogP contribution in [0.5, 0.6) is 0 Å². The summed E-state index contributed by atoms with van der Waals surface area (Å²) in [6.07, 6.45) is 3.34. The number of nitrogens with two attached hydrogens (primary N) is 1. The second-order valence-electron chi connectivity index (χ2n) is 5.61. The molecule has 5 heteroatoms. The number of rotatable bonds is 2. The average Bonchev–Trinajstić information content (AvgIpc) is 3.11. The number of primary amides is 1. The zero-order valence-electron chi connectivity index (χ0n) is 10.5. The van der Waals surface area contributed by atoms with Crippen LogP contribution >= 0.6 is 0 Å². The van der Waals surface area contributed by atoms with E-state index in [0.29, 0.717) is 22.6 Å². The van der Waals surface area contributed by atoms with Crippen molar-refractivity contribution in [2.45, 2.75) is 24.8 Å². The topological polar surface area (TPSA) is 81.2 Å². The van der Waals surface area contributed by atoms with E-state index >= 15 is 0 Å². The summed E-state index contributed by atoms with van der Waals surface area (Å²) in [5.74, 6) is 0.955. The van der Waals surface area contributed by atoms with Crippen LogP contribution in [-0.2, 0) is 5.54 Å². The highest BCUT2D eigenvalue weighted by Crippen LogP contribution is 2.46. The highest BCUT2D eigenvalue weighted by Gasteiger charge is 2.49. The first kappa shape index (κ1) is 11.0. The molecule has 2 aromatic rings. The first-order valence-electron chi connectivity index (χ1n) is 6.63. The van der Waals surface area contributed by atoms with Crippen LogP contribution in [0.15, 0.2) is 22.6 Å². The van der Waals surface area contributed by atoms with Gasteiger partial charge in [-0.3, -0.25) is 4.79 Å². The molecule has 1 amide bonds. The van der Waals surface area contributed by atoms with Crippen molar-refractivity contribution >= 4 is 17.0 Å². The summed E-state index contributed by atoms with van der Waals surface area (Å²) in [5, 5.41) is 3.52. The van der Waals surface area contributed by atoms with E-state index in [2.05, 4.69) is 10.3 Å². The highest BCUT2D eigenvalue weighted by molar-refractivity contribution is 6.03. The molecule has 2 atom stereocenters. The Morgan fingerprint density at radius 3 is 3.05 bits per heavy atom. The third kappa shape index (κ3) is 1.45. The summed E-state index contributed by atoms with van der Waals surface area (Å²) < 4.78 is 5.89. The van der Waals surface area contributed by atoms with E-state index < -0.39 is 5.91 Å². The van der Waals surface area contributed by atoms with Crippen molar-refractivity contribution in [3.63, 3.8) is 0 Å². The standard InChI is InChI=1S/C14H15N3O2/c15-12(18)9-2-1-3-10-11(9)19-13(17-10)14-5-4-8(6-14)7-16-14/h1-3,8,16H,4-7H2,(H2,15,18). The highest BCUT2D eigenvalue weighted by atomic mass is 16.4. The van der Waals surface area contributed by atoms with Crippen LogP contribution in [0, 0.1) is 5.92 Å². The van der Waals surface area contributed by atoms with Crippen molar-refractivity contribution in [3.8, 4) is 0 Å². The van der Waals surface area contributed by atoms with Gasteiger partial charge in [0.25, 0.3) is 5.91 Å². The summed E-state index contributed by atoms with van der Waals surface area (Å²) >= 11 is 0. The zero-order valence-corrected chi connectivity index (χ0v) is 10.5. The lowest BCUT2D eigenvalue weighted by Gasteiger charge is -2.23. The SMILES string of the molecule is NC(=O)c1cccc2nc(C34CCC(CN3)C4)oc12. The summed E-state index contributed by atoms with van der Waals surface area (Å²) in [5.41, 5.74) is 6.87. The lowest BCUT2D eigenvalue weighted by Crippen LogP contribution is -2.37. The van der Waals surface area contributed by atoms with Crippen molar-refractivity contribution in [1.29, 1.82) is 0 Å². The molecular weight excluding hydrogens is 242 g/mol. The first-order valence-corrected chi connectivity index (χ1v) is 6.63. The van der Waals surface area contributed by atoms with Crippen LogP contribution in [0.25, 0.3) is 11.1 Å². The maximum atomic E-state index is 11.4. The Morgan fingerprint density at radius 2 is 2.42 bits per heavy atom. The van der Waals surface area contributed by atoms with Crippen LogP contribution in [-0.4, -0.2) is 17.4 Å². The third-order valence-electron chi connectivity index (χ3n) is 4.44. The van der Waals surface area contributed by atoms with Crippen molar-refractivity contribution in [2.24, 2.45) is 11.7 Å². The molecule has 1 aromatic carbocycles. The summed E-state index contributed by atoms with van der Waals surface area (Å²) in [6.45, 7) is 1.03. The molecule has 2 bridgehead atoms. The number of piperidine rings is 1. The lowest BCUT2D eigenvalue weighted by molar-refractivity contribution is 0.100. The van der Waals surface area contributed by atoms with Gasteiger partial charge in [-0.1, -0.05) is 6.07 Å². The molecule has 3 N–H and O–H groups in total. The molecule has 2 fully saturated rings. The maximum Gasteiger partial charge on any atom is 0.252 e. The largest absolute Gasteiger partial charge is 0.438 e.